The van der Waals surface area contributed by atoms with E-state index >= 15 is 0 Å². The van der Waals surface area contributed by atoms with E-state index in [1.807, 2.05) is 0 Å². The molecule has 2 aromatic carbocycles. The van der Waals surface area contributed by atoms with Crippen molar-refractivity contribution in [2.45, 2.75) is 11.4 Å². The minimum absolute atomic E-state index is 0.0445. The van der Waals surface area contributed by atoms with Gasteiger partial charge in [-0.1, -0.05) is 18.2 Å². The molecule has 0 radical (unpaired) electrons. The van der Waals surface area contributed by atoms with E-state index in [2.05, 4.69) is 10.0 Å². The molecule has 0 aliphatic rings. The Labute approximate surface area is 121 Å². The average Bonchev–Trinajstić information content (AvgIpc) is 2.43. The molecule has 0 unspecified atom stereocenters. The van der Waals surface area contributed by atoms with E-state index in [9.17, 15) is 17.2 Å². The molecule has 7 heteroatoms. The molecule has 0 heterocycles. The Balaban J connectivity index is 2.39. The number of hydrogen-bond donors (Lipinski definition) is 2. The fourth-order valence-corrected chi connectivity index (χ4v) is 3.18. The average molecular weight is 312 g/mol. The Hall–Kier alpha value is -1.99. The van der Waals surface area contributed by atoms with Crippen molar-refractivity contribution in [2.24, 2.45) is 0 Å². The Morgan fingerprint density at radius 1 is 1.10 bits per heavy atom. The van der Waals surface area contributed by atoms with E-state index in [-0.39, 0.29) is 10.6 Å². The fourth-order valence-electron chi connectivity index (χ4n) is 1.87. The van der Waals surface area contributed by atoms with Gasteiger partial charge in [0.15, 0.2) is 0 Å². The van der Waals surface area contributed by atoms with E-state index in [1.165, 1.54) is 6.07 Å². The van der Waals surface area contributed by atoms with Gasteiger partial charge in [-0.15, -0.1) is 0 Å². The molecule has 0 aromatic heterocycles. The largest absolute Gasteiger partial charge is 0.316 e. The number of rotatable bonds is 5. The first kappa shape index (κ1) is 15.4. The molecule has 4 nitrogen and oxygen atoms in total. The van der Waals surface area contributed by atoms with Gasteiger partial charge < -0.3 is 5.32 Å². The molecular weight excluding hydrogens is 298 g/mol. The van der Waals surface area contributed by atoms with E-state index in [1.54, 1.807) is 25.2 Å². The van der Waals surface area contributed by atoms with Crippen molar-refractivity contribution < 1.29 is 17.2 Å². The van der Waals surface area contributed by atoms with E-state index in [0.717, 1.165) is 12.1 Å². The van der Waals surface area contributed by atoms with Crippen LogP contribution in [0, 0.1) is 11.6 Å². The lowest BCUT2D eigenvalue weighted by Crippen LogP contribution is -2.18. The quantitative estimate of drug-likeness (QED) is 0.892. The number of anilines is 1. The van der Waals surface area contributed by atoms with Gasteiger partial charge in [-0.05, 0) is 30.8 Å². The molecular formula is C14H14F2N2O2S. The second kappa shape index (κ2) is 6.19. The number of benzene rings is 2. The zero-order valence-electron chi connectivity index (χ0n) is 11.2. The molecule has 0 spiro atoms. The van der Waals surface area contributed by atoms with Gasteiger partial charge in [0.25, 0.3) is 10.0 Å². The van der Waals surface area contributed by atoms with E-state index in [0.29, 0.717) is 18.2 Å². The summed E-state index contributed by atoms with van der Waals surface area (Å²) in [6.07, 6.45) is 0. The Morgan fingerprint density at radius 3 is 2.48 bits per heavy atom. The lowest BCUT2D eigenvalue weighted by molar-refractivity contribution is 0.582. The molecule has 2 N–H and O–H groups in total. The molecule has 2 aromatic rings. The van der Waals surface area contributed by atoms with Crippen LogP contribution in [0.25, 0.3) is 0 Å². The zero-order chi connectivity index (χ0) is 15.5. The summed E-state index contributed by atoms with van der Waals surface area (Å²) in [5.74, 6) is -1.74. The van der Waals surface area contributed by atoms with Crippen molar-refractivity contribution in [2.75, 3.05) is 11.8 Å². The number of hydrogen-bond acceptors (Lipinski definition) is 3. The molecule has 21 heavy (non-hydrogen) atoms. The molecule has 0 bridgehead atoms. The lowest BCUT2D eigenvalue weighted by atomic mass is 10.2. The van der Waals surface area contributed by atoms with Gasteiger partial charge in [0.1, 0.15) is 11.6 Å². The summed E-state index contributed by atoms with van der Waals surface area (Å²) >= 11 is 0. The molecule has 2 rings (SSSR count). The zero-order valence-corrected chi connectivity index (χ0v) is 12.0. The molecule has 0 saturated heterocycles. The minimum Gasteiger partial charge on any atom is -0.316 e. The summed E-state index contributed by atoms with van der Waals surface area (Å²) in [4.78, 5) is 0.0445. The van der Waals surface area contributed by atoms with Crippen LogP contribution in [0.15, 0.2) is 47.4 Å². The van der Waals surface area contributed by atoms with Crippen molar-refractivity contribution in [1.29, 1.82) is 0 Å². The minimum atomic E-state index is -3.95. The van der Waals surface area contributed by atoms with Crippen LogP contribution in [0.5, 0.6) is 0 Å². The highest BCUT2D eigenvalue weighted by atomic mass is 32.2. The fraction of sp³-hybridized carbons (Fsp3) is 0.143. The second-order valence-corrected chi connectivity index (χ2v) is 6.02. The maximum atomic E-state index is 13.6. The predicted octanol–water partition coefficient (Wildman–Crippen LogP) is 2.49. The van der Waals surface area contributed by atoms with Gasteiger partial charge in [-0.3, -0.25) is 4.72 Å². The normalized spacial score (nSPS) is 11.4. The van der Waals surface area contributed by atoms with Gasteiger partial charge in [0.05, 0.1) is 10.6 Å². The first-order valence-corrected chi connectivity index (χ1v) is 7.63. The van der Waals surface area contributed by atoms with Crippen LogP contribution >= 0.6 is 0 Å². The first-order chi connectivity index (χ1) is 9.94. The van der Waals surface area contributed by atoms with Gasteiger partial charge in [-0.25, -0.2) is 17.2 Å². The summed E-state index contributed by atoms with van der Waals surface area (Å²) in [6.45, 7) is 0.350. The third kappa shape index (κ3) is 3.56. The molecule has 0 fully saturated rings. The molecule has 112 valence electrons. The van der Waals surface area contributed by atoms with E-state index < -0.39 is 21.7 Å². The lowest BCUT2D eigenvalue weighted by Gasteiger charge is -2.12. The summed E-state index contributed by atoms with van der Waals surface area (Å²) in [5, 5.41) is 2.86. The highest BCUT2D eigenvalue weighted by Gasteiger charge is 2.19. The van der Waals surface area contributed by atoms with Crippen LogP contribution in [0.1, 0.15) is 5.56 Å². The second-order valence-electron chi connectivity index (χ2n) is 4.37. The van der Waals surface area contributed by atoms with E-state index in [4.69, 9.17) is 0 Å². The maximum Gasteiger partial charge on any atom is 0.262 e. The number of sulfonamides is 1. The van der Waals surface area contributed by atoms with Gasteiger partial charge in [0.2, 0.25) is 0 Å². The van der Waals surface area contributed by atoms with Crippen molar-refractivity contribution in [1.82, 2.24) is 5.32 Å². The Morgan fingerprint density at radius 2 is 1.81 bits per heavy atom. The molecule has 0 aliphatic heterocycles. The Bertz CT molecular complexity index is 748. The Kier molecular flexibility index (Phi) is 4.54. The van der Waals surface area contributed by atoms with Crippen LogP contribution in [-0.4, -0.2) is 15.5 Å². The van der Waals surface area contributed by atoms with Crippen molar-refractivity contribution in [3.8, 4) is 0 Å². The topological polar surface area (TPSA) is 58.2 Å². The van der Waals surface area contributed by atoms with Crippen LogP contribution < -0.4 is 10.0 Å². The molecule has 0 aliphatic carbocycles. The van der Waals surface area contributed by atoms with Crippen molar-refractivity contribution in [3.63, 3.8) is 0 Å². The van der Waals surface area contributed by atoms with Gasteiger partial charge >= 0.3 is 0 Å². The van der Waals surface area contributed by atoms with Gasteiger partial charge in [-0.2, -0.15) is 0 Å². The molecule has 0 atom stereocenters. The molecule has 0 saturated carbocycles. The summed E-state index contributed by atoms with van der Waals surface area (Å²) in [5.41, 5.74) is 0.255. The summed E-state index contributed by atoms with van der Waals surface area (Å²) < 4.78 is 53.2. The SMILES string of the molecule is CNCc1ccccc1S(=O)(=O)Nc1ccc(F)cc1F. The third-order valence-electron chi connectivity index (χ3n) is 2.80. The van der Waals surface area contributed by atoms with Crippen LogP contribution in [0.3, 0.4) is 0 Å². The number of halogens is 2. The highest BCUT2D eigenvalue weighted by molar-refractivity contribution is 7.92. The smallest absolute Gasteiger partial charge is 0.262 e. The molecule has 0 amide bonds. The van der Waals surface area contributed by atoms with Gasteiger partial charge in [0, 0.05) is 12.6 Å². The predicted molar refractivity (Wildman–Crippen MR) is 76.4 cm³/mol. The third-order valence-corrected chi connectivity index (χ3v) is 4.27. The number of nitrogens with one attached hydrogen (secondary N) is 2. The van der Waals surface area contributed by atoms with Crippen LogP contribution in [0.2, 0.25) is 0 Å². The van der Waals surface area contributed by atoms with Crippen LogP contribution in [0.4, 0.5) is 14.5 Å². The monoisotopic (exact) mass is 312 g/mol. The summed E-state index contributed by atoms with van der Waals surface area (Å²) in [7, 11) is -2.26. The standard InChI is InChI=1S/C14H14F2N2O2S/c1-17-9-10-4-2-3-5-14(10)21(19,20)18-13-7-6-11(15)8-12(13)16/h2-8,17-18H,9H2,1H3. The summed E-state index contributed by atoms with van der Waals surface area (Å²) in [6, 6.07) is 9.03. The van der Waals surface area contributed by atoms with Crippen molar-refractivity contribution >= 4 is 15.7 Å². The highest BCUT2D eigenvalue weighted by Crippen LogP contribution is 2.22. The maximum absolute atomic E-state index is 13.6. The first-order valence-electron chi connectivity index (χ1n) is 6.14. The van der Waals surface area contributed by atoms with Crippen LogP contribution in [-0.2, 0) is 16.6 Å². The van der Waals surface area contributed by atoms with Crippen molar-refractivity contribution in [3.05, 3.63) is 59.7 Å².